The zero-order valence-electron chi connectivity index (χ0n) is 18.9. The van der Waals surface area contributed by atoms with Crippen molar-refractivity contribution in [2.24, 2.45) is 0 Å². The predicted octanol–water partition coefficient (Wildman–Crippen LogP) is 5.90. The minimum atomic E-state index is -0.422. The van der Waals surface area contributed by atoms with E-state index in [9.17, 15) is 19.7 Å². The summed E-state index contributed by atoms with van der Waals surface area (Å²) in [5.74, 6) is 1.07. The number of aryl methyl sites for hydroxylation is 2. The van der Waals surface area contributed by atoms with Crippen LogP contribution in [0, 0.1) is 30.9 Å². The van der Waals surface area contributed by atoms with E-state index in [2.05, 4.69) is 0 Å². The van der Waals surface area contributed by atoms with Gasteiger partial charge in [0.2, 0.25) is 0 Å². The van der Waals surface area contributed by atoms with Crippen LogP contribution in [0.1, 0.15) is 22.5 Å². The molecule has 1 fully saturated rings. The van der Waals surface area contributed by atoms with Crippen molar-refractivity contribution in [2.75, 3.05) is 13.2 Å². The van der Waals surface area contributed by atoms with Crippen molar-refractivity contribution >= 4 is 34.7 Å². The van der Waals surface area contributed by atoms with Gasteiger partial charge >= 0.3 is 0 Å². The number of imide groups is 1. The summed E-state index contributed by atoms with van der Waals surface area (Å²) in [5, 5.41) is 11.0. The van der Waals surface area contributed by atoms with Crippen LogP contribution in [0.25, 0.3) is 17.4 Å². The Kier molecular flexibility index (Phi) is 6.56. The van der Waals surface area contributed by atoms with Gasteiger partial charge in [0.05, 0.1) is 16.4 Å². The van der Waals surface area contributed by atoms with Crippen LogP contribution >= 0.6 is 11.8 Å². The third-order valence-corrected chi connectivity index (χ3v) is 6.38. The number of nitro benzene ring substituents is 1. The largest absolute Gasteiger partial charge is 0.492 e. The van der Waals surface area contributed by atoms with Crippen LogP contribution < -0.4 is 4.74 Å². The summed E-state index contributed by atoms with van der Waals surface area (Å²) in [5.41, 5.74) is 3.01. The van der Waals surface area contributed by atoms with Gasteiger partial charge in [-0.2, -0.15) is 0 Å². The SMILES string of the molecule is Cc1cccc(OCCN2C(=O)S/C(=C\c3ccc(-c4cc(C)c(C)c([N+](=O)[O-])c4)o3)C2=O)c1. The quantitative estimate of drug-likeness (QED) is 0.237. The molecule has 1 aliphatic heterocycles. The van der Waals surface area contributed by atoms with Crippen molar-refractivity contribution in [3.8, 4) is 17.1 Å². The molecule has 1 aromatic heterocycles. The topological polar surface area (TPSA) is 103 Å². The summed E-state index contributed by atoms with van der Waals surface area (Å²) in [4.78, 5) is 37.4. The highest BCUT2D eigenvalue weighted by Crippen LogP contribution is 2.34. The number of nitrogens with zero attached hydrogens (tertiary/aromatic N) is 2. The van der Waals surface area contributed by atoms with Gasteiger partial charge in [-0.15, -0.1) is 0 Å². The Morgan fingerprint density at radius 1 is 1.12 bits per heavy atom. The second-order valence-corrected chi connectivity index (χ2v) is 8.89. The Morgan fingerprint density at radius 2 is 1.91 bits per heavy atom. The van der Waals surface area contributed by atoms with E-state index in [0.29, 0.717) is 28.4 Å². The monoisotopic (exact) mass is 478 g/mol. The van der Waals surface area contributed by atoms with Crippen molar-refractivity contribution in [2.45, 2.75) is 20.8 Å². The zero-order chi connectivity index (χ0) is 24.4. The molecule has 0 unspecified atom stereocenters. The fourth-order valence-electron chi connectivity index (χ4n) is 3.54. The van der Waals surface area contributed by atoms with Gasteiger partial charge in [-0.3, -0.25) is 24.6 Å². The Hall–Kier alpha value is -3.85. The Labute approximate surface area is 200 Å². The maximum atomic E-state index is 12.7. The summed E-state index contributed by atoms with van der Waals surface area (Å²) >= 11 is 0.835. The average Bonchev–Trinajstić information content (AvgIpc) is 3.35. The molecule has 3 aromatic rings. The molecule has 4 rings (SSSR count). The number of hydrogen-bond donors (Lipinski definition) is 0. The number of hydrogen-bond acceptors (Lipinski definition) is 7. The van der Waals surface area contributed by atoms with Crippen LogP contribution in [-0.2, 0) is 4.79 Å². The summed E-state index contributed by atoms with van der Waals surface area (Å²) in [6, 6.07) is 14.1. The number of amides is 2. The van der Waals surface area contributed by atoms with E-state index >= 15 is 0 Å². The molecule has 2 heterocycles. The maximum Gasteiger partial charge on any atom is 0.293 e. The van der Waals surface area contributed by atoms with E-state index in [1.165, 1.54) is 12.1 Å². The molecule has 0 aliphatic carbocycles. The fourth-order valence-corrected chi connectivity index (χ4v) is 4.39. The molecule has 2 amide bonds. The first-order valence-corrected chi connectivity index (χ1v) is 11.4. The highest BCUT2D eigenvalue weighted by atomic mass is 32.2. The number of carbonyl (C=O) groups is 2. The van der Waals surface area contributed by atoms with Gasteiger partial charge in [-0.25, -0.2) is 0 Å². The minimum absolute atomic E-state index is 0.0157. The number of rotatable bonds is 7. The van der Waals surface area contributed by atoms with E-state index in [4.69, 9.17) is 9.15 Å². The molecule has 0 N–H and O–H groups in total. The molecule has 2 aromatic carbocycles. The lowest BCUT2D eigenvalue weighted by molar-refractivity contribution is -0.385. The van der Waals surface area contributed by atoms with E-state index in [-0.39, 0.29) is 29.0 Å². The lowest BCUT2D eigenvalue weighted by Crippen LogP contribution is -2.32. The first kappa shape index (κ1) is 23.3. The average molecular weight is 479 g/mol. The van der Waals surface area contributed by atoms with Crippen molar-refractivity contribution in [3.05, 3.63) is 86.0 Å². The van der Waals surface area contributed by atoms with Gasteiger partial charge < -0.3 is 9.15 Å². The summed E-state index contributed by atoms with van der Waals surface area (Å²) < 4.78 is 11.5. The molecule has 1 saturated heterocycles. The van der Waals surface area contributed by atoms with Crippen LogP contribution in [0.15, 0.2) is 57.9 Å². The first-order chi connectivity index (χ1) is 16.2. The van der Waals surface area contributed by atoms with Crippen molar-refractivity contribution in [3.63, 3.8) is 0 Å². The molecule has 0 radical (unpaired) electrons. The van der Waals surface area contributed by atoms with Crippen LogP contribution in [0.3, 0.4) is 0 Å². The highest BCUT2D eigenvalue weighted by molar-refractivity contribution is 8.18. The molecule has 0 bridgehead atoms. The highest BCUT2D eigenvalue weighted by Gasteiger charge is 2.35. The Bertz CT molecular complexity index is 1330. The number of thioether (sulfide) groups is 1. The number of benzene rings is 2. The Balaban J connectivity index is 1.46. The summed E-state index contributed by atoms with van der Waals surface area (Å²) in [7, 11) is 0. The molecular weight excluding hydrogens is 456 g/mol. The van der Waals surface area contributed by atoms with E-state index in [1.54, 1.807) is 26.0 Å². The predicted molar refractivity (Wildman–Crippen MR) is 130 cm³/mol. The number of carbonyl (C=O) groups excluding carboxylic acids is 2. The minimum Gasteiger partial charge on any atom is -0.492 e. The molecular formula is C25H22N2O6S. The van der Waals surface area contributed by atoms with Gasteiger partial charge in [0.15, 0.2) is 0 Å². The molecule has 0 atom stereocenters. The third kappa shape index (κ3) is 4.89. The van der Waals surface area contributed by atoms with E-state index in [0.717, 1.165) is 27.8 Å². The second kappa shape index (κ2) is 9.56. The van der Waals surface area contributed by atoms with Gasteiger partial charge in [0, 0.05) is 23.3 Å². The Morgan fingerprint density at radius 3 is 2.65 bits per heavy atom. The van der Waals surface area contributed by atoms with Crippen LogP contribution in [0.5, 0.6) is 5.75 Å². The van der Waals surface area contributed by atoms with Crippen LogP contribution in [0.4, 0.5) is 10.5 Å². The molecule has 0 spiro atoms. The number of nitro groups is 1. The third-order valence-electron chi connectivity index (χ3n) is 5.47. The normalized spacial score (nSPS) is 14.8. The molecule has 8 nitrogen and oxygen atoms in total. The second-order valence-electron chi connectivity index (χ2n) is 7.89. The zero-order valence-corrected chi connectivity index (χ0v) is 19.7. The molecule has 0 saturated carbocycles. The standard InChI is InChI=1S/C25H22N2O6S/c1-15-5-4-6-19(11-15)32-10-9-26-24(28)23(34-25(26)29)14-20-7-8-22(33-20)18-12-16(2)17(3)21(13-18)27(30)31/h4-8,11-14H,9-10H2,1-3H3/b23-14-. The number of furan rings is 1. The van der Waals surface area contributed by atoms with E-state index < -0.39 is 10.8 Å². The summed E-state index contributed by atoms with van der Waals surface area (Å²) in [6.45, 7) is 5.77. The van der Waals surface area contributed by atoms with Gasteiger partial charge in [-0.05, 0) is 74.0 Å². The first-order valence-electron chi connectivity index (χ1n) is 10.5. The molecule has 34 heavy (non-hydrogen) atoms. The molecule has 174 valence electrons. The lowest BCUT2D eigenvalue weighted by Gasteiger charge is -2.13. The molecule has 9 heteroatoms. The van der Waals surface area contributed by atoms with Gasteiger partial charge in [0.25, 0.3) is 16.8 Å². The van der Waals surface area contributed by atoms with Gasteiger partial charge in [-0.1, -0.05) is 12.1 Å². The number of ether oxygens (including phenoxy) is 1. The fraction of sp³-hybridized carbons (Fsp3) is 0.200. The maximum absolute atomic E-state index is 12.7. The lowest BCUT2D eigenvalue weighted by atomic mass is 10.0. The van der Waals surface area contributed by atoms with Crippen molar-refractivity contribution < 1.29 is 23.7 Å². The van der Waals surface area contributed by atoms with Crippen LogP contribution in [0.2, 0.25) is 0 Å². The van der Waals surface area contributed by atoms with Crippen LogP contribution in [-0.4, -0.2) is 34.1 Å². The van der Waals surface area contributed by atoms with Gasteiger partial charge in [0.1, 0.15) is 23.9 Å². The molecule has 1 aliphatic rings. The van der Waals surface area contributed by atoms with E-state index in [1.807, 2.05) is 37.3 Å². The smallest absolute Gasteiger partial charge is 0.293 e. The van der Waals surface area contributed by atoms with Crippen molar-refractivity contribution in [1.82, 2.24) is 4.90 Å². The summed E-state index contributed by atoms with van der Waals surface area (Å²) in [6.07, 6.45) is 1.51. The van der Waals surface area contributed by atoms with Crippen molar-refractivity contribution in [1.29, 1.82) is 0 Å².